The van der Waals surface area contributed by atoms with Gasteiger partial charge in [-0.05, 0) is 49.7 Å². The fraction of sp³-hybridized carbons (Fsp3) is 0.238. The lowest BCUT2D eigenvalue weighted by Gasteiger charge is -2.11. The number of anilines is 1. The molecule has 1 heterocycles. The average Bonchev–Trinajstić information content (AvgIpc) is 2.99. The van der Waals surface area contributed by atoms with Crippen LogP contribution < -0.4 is 10.1 Å². The predicted molar refractivity (Wildman–Crippen MR) is 113 cm³/mol. The summed E-state index contributed by atoms with van der Waals surface area (Å²) in [7, 11) is 0. The van der Waals surface area contributed by atoms with Crippen molar-refractivity contribution in [2.24, 2.45) is 0 Å². The Bertz CT molecular complexity index is 990. The van der Waals surface area contributed by atoms with Gasteiger partial charge < -0.3 is 14.6 Å². The van der Waals surface area contributed by atoms with Gasteiger partial charge in [-0.2, -0.15) is 0 Å². The van der Waals surface area contributed by atoms with Crippen LogP contribution in [0.1, 0.15) is 22.6 Å². The number of halogens is 2. The normalized spacial score (nSPS) is 10.8. The number of hydrogen-bond donors (Lipinski definition) is 1. The molecule has 0 bridgehead atoms. The number of rotatable bonds is 8. The Morgan fingerprint density at radius 3 is 2.79 bits per heavy atom. The summed E-state index contributed by atoms with van der Waals surface area (Å²) >= 11 is 7.72. The zero-order chi connectivity index (χ0) is 20.8. The quantitative estimate of drug-likeness (QED) is 0.504. The highest BCUT2D eigenvalue weighted by Gasteiger charge is 2.11. The van der Waals surface area contributed by atoms with Crippen LogP contribution in [-0.2, 0) is 17.2 Å². The number of ether oxygens (including phenoxy) is 1. The minimum atomic E-state index is -0.317. The van der Waals surface area contributed by atoms with Gasteiger partial charge in [-0.1, -0.05) is 28.9 Å². The zero-order valence-electron chi connectivity index (χ0n) is 16.0. The number of nitrogens with one attached hydrogen (secondary N) is 1. The highest BCUT2D eigenvalue weighted by atomic mass is 35.5. The lowest BCUT2D eigenvalue weighted by molar-refractivity contribution is -0.113. The second-order valence-corrected chi connectivity index (χ2v) is 7.80. The van der Waals surface area contributed by atoms with Crippen LogP contribution in [0.5, 0.6) is 5.75 Å². The van der Waals surface area contributed by atoms with E-state index >= 15 is 0 Å². The molecule has 152 valence electrons. The van der Waals surface area contributed by atoms with Gasteiger partial charge in [-0.15, -0.1) is 11.8 Å². The van der Waals surface area contributed by atoms with Crippen molar-refractivity contribution >= 4 is 35.0 Å². The van der Waals surface area contributed by atoms with Crippen LogP contribution in [0.4, 0.5) is 10.1 Å². The van der Waals surface area contributed by atoms with Crippen LogP contribution >= 0.6 is 23.4 Å². The summed E-state index contributed by atoms with van der Waals surface area (Å²) in [6, 6.07) is 11.2. The van der Waals surface area contributed by atoms with Gasteiger partial charge in [0, 0.05) is 17.0 Å². The number of benzene rings is 2. The van der Waals surface area contributed by atoms with Gasteiger partial charge in [-0.3, -0.25) is 4.79 Å². The number of aryl methyl sites for hydroxylation is 2. The Hall–Kier alpha value is -2.51. The molecular weight excluding hydrogens is 415 g/mol. The van der Waals surface area contributed by atoms with Crippen molar-refractivity contribution in [2.75, 3.05) is 11.1 Å². The van der Waals surface area contributed by atoms with Crippen molar-refractivity contribution in [1.29, 1.82) is 0 Å². The maximum Gasteiger partial charge on any atom is 0.234 e. The molecule has 0 aliphatic carbocycles. The number of amides is 1. The summed E-state index contributed by atoms with van der Waals surface area (Å²) in [4.78, 5) is 12.2. The Kier molecular flexibility index (Phi) is 7.17. The molecule has 2 aromatic carbocycles. The van der Waals surface area contributed by atoms with Crippen molar-refractivity contribution in [3.8, 4) is 5.75 Å². The molecule has 0 aliphatic rings. The molecular formula is C21H20ClFN2O3S. The van der Waals surface area contributed by atoms with E-state index < -0.39 is 0 Å². The van der Waals surface area contributed by atoms with E-state index in [2.05, 4.69) is 10.5 Å². The fourth-order valence-electron chi connectivity index (χ4n) is 2.63. The number of thioether (sulfide) groups is 1. The van der Waals surface area contributed by atoms with E-state index in [0.29, 0.717) is 33.5 Å². The Morgan fingerprint density at radius 2 is 2.10 bits per heavy atom. The first kappa shape index (κ1) is 21.2. The number of nitrogens with zero attached hydrogens (tertiary/aromatic N) is 1. The Morgan fingerprint density at radius 1 is 1.28 bits per heavy atom. The van der Waals surface area contributed by atoms with E-state index in [0.717, 1.165) is 17.0 Å². The van der Waals surface area contributed by atoms with E-state index in [-0.39, 0.29) is 18.3 Å². The first-order valence-electron chi connectivity index (χ1n) is 8.88. The molecule has 29 heavy (non-hydrogen) atoms. The molecule has 0 saturated carbocycles. The summed E-state index contributed by atoms with van der Waals surface area (Å²) in [5.41, 5.74) is 3.14. The van der Waals surface area contributed by atoms with E-state index in [4.69, 9.17) is 20.9 Å². The highest BCUT2D eigenvalue weighted by Crippen LogP contribution is 2.28. The molecule has 0 unspecified atom stereocenters. The van der Waals surface area contributed by atoms with Crippen LogP contribution in [0.15, 0.2) is 47.0 Å². The van der Waals surface area contributed by atoms with Crippen molar-refractivity contribution in [3.63, 3.8) is 0 Å². The van der Waals surface area contributed by atoms with E-state index in [1.807, 2.05) is 13.8 Å². The van der Waals surface area contributed by atoms with Gasteiger partial charge in [0.1, 0.15) is 23.9 Å². The van der Waals surface area contributed by atoms with Gasteiger partial charge in [0.05, 0.1) is 16.5 Å². The first-order chi connectivity index (χ1) is 13.9. The van der Waals surface area contributed by atoms with Crippen molar-refractivity contribution in [1.82, 2.24) is 5.16 Å². The summed E-state index contributed by atoms with van der Waals surface area (Å²) < 4.78 is 24.0. The standard InChI is InChI=1S/C21H20ClFN2O3S/c1-13-18(14(2)28-25-13)11-29-12-21(26)24-17-6-7-20(19(22)9-17)27-10-15-4-3-5-16(23)8-15/h3-9H,10-12H2,1-2H3,(H,24,26). The molecule has 0 aliphatic heterocycles. The topological polar surface area (TPSA) is 64.4 Å². The van der Waals surface area contributed by atoms with Gasteiger partial charge in [0.25, 0.3) is 0 Å². The molecule has 3 aromatic rings. The molecule has 5 nitrogen and oxygen atoms in total. The lowest BCUT2D eigenvalue weighted by Crippen LogP contribution is -2.14. The highest BCUT2D eigenvalue weighted by molar-refractivity contribution is 7.99. The van der Waals surface area contributed by atoms with Gasteiger partial charge in [0.15, 0.2) is 0 Å². The van der Waals surface area contributed by atoms with Crippen molar-refractivity contribution in [2.45, 2.75) is 26.2 Å². The van der Waals surface area contributed by atoms with E-state index in [1.165, 1.54) is 23.9 Å². The summed E-state index contributed by atoms with van der Waals surface area (Å²) in [5.74, 6) is 1.73. The molecule has 1 N–H and O–H groups in total. The second kappa shape index (κ2) is 9.80. The molecule has 0 spiro atoms. The molecule has 0 fully saturated rings. The number of hydrogen-bond acceptors (Lipinski definition) is 5. The molecule has 0 atom stereocenters. The monoisotopic (exact) mass is 434 g/mol. The Balaban J connectivity index is 1.49. The van der Waals surface area contributed by atoms with Crippen LogP contribution in [0.3, 0.4) is 0 Å². The molecule has 0 radical (unpaired) electrons. The average molecular weight is 435 g/mol. The van der Waals surface area contributed by atoms with E-state index in [9.17, 15) is 9.18 Å². The summed E-state index contributed by atoms with van der Waals surface area (Å²) in [6.07, 6.45) is 0. The largest absolute Gasteiger partial charge is 0.487 e. The van der Waals surface area contributed by atoms with Crippen molar-refractivity contribution < 1.29 is 18.4 Å². The summed E-state index contributed by atoms with van der Waals surface area (Å²) in [5, 5.41) is 7.08. The second-order valence-electron chi connectivity index (χ2n) is 6.41. The number of carbonyl (C=O) groups is 1. The van der Waals surface area contributed by atoms with Crippen LogP contribution in [0, 0.1) is 19.7 Å². The van der Waals surface area contributed by atoms with E-state index in [1.54, 1.807) is 30.3 Å². The third-order valence-corrected chi connectivity index (χ3v) is 5.41. The van der Waals surface area contributed by atoms with Crippen LogP contribution in [0.25, 0.3) is 0 Å². The molecule has 3 rings (SSSR count). The zero-order valence-corrected chi connectivity index (χ0v) is 17.6. The SMILES string of the molecule is Cc1noc(C)c1CSCC(=O)Nc1ccc(OCc2cccc(F)c2)c(Cl)c1. The van der Waals surface area contributed by atoms with Crippen molar-refractivity contribution in [3.05, 3.63) is 75.9 Å². The molecule has 1 amide bonds. The molecule has 1 aromatic heterocycles. The maximum absolute atomic E-state index is 13.2. The fourth-order valence-corrected chi connectivity index (χ4v) is 3.85. The third-order valence-electron chi connectivity index (χ3n) is 4.16. The molecule has 8 heteroatoms. The van der Waals surface area contributed by atoms with Crippen LogP contribution in [-0.4, -0.2) is 16.8 Å². The van der Waals surface area contributed by atoms with Gasteiger partial charge in [-0.25, -0.2) is 4.39 Å². The minimum absolute atomic E-state index is 0.133. The molecule has 0 saturated heterocycles. The van der Waals surface area contributed by atoms with Crippen LogP contribution in [0.2, 0.25) is 5.02 Å². The Labute approximate surface area is 177 Å². The first-order valence-corrected chi connectivity index (χ1v) is 10.4. The van der Waals surface area contributed by atoms with Gasteiger partial charge >= 0.3 is 0 Å². The third kappa shape index (κ3) is 5.98. The minimum Gasteiger partial charge on any atom is -0.487 e. The maximum atomic E-state index is 13.2. The predicted octanol–water partition coefficient (Wildman–Crippen LogP) is 5.53. The lowest BCUT2D eigenvalue weighted by atomic mass is 10.2. The smallest absolute Gasteiger partial charge is 0.234 e. The summed E-state index contributed by atoms with van der Waals surface area (Å²) in [6.45, 7) is 3.93. The number of aromatic nitrogens is 1. The van der Waals surface area contributed by atoms with Gasteiger partial charge in [0.2, 0.25) is 5.91 Å². The number of carbonyl (C=O) groups excluding carboxylic acids is 1.